The van der Waals surface area contributed by atoms with E-state index in [9.17, 15) is 14.0 Å². The molecule has 0 radical (unpaired) electrons. The number of para-hydroxylation sites is 1. The highest BCUT2D eigenvalue weighted by Gasteiger charge is 2.23. The van der Waals surface area contributed by atoms with Gasteiger partial charge in [0, 0.05) is 10.9 Å². The van der Waals surface area contributed by atoms with Crippen molar-refractivity contribution in [3.63, 3.8) is 0 Å². The number of hydrogen-bond donors (Lipinski definition) is 1. The summed E-state index contributed by atoms with van der Waals surface area (Å²) >= 11 is 0. The van der Waals surface area contributed by atoms with Gasteiger partial charge in [0.05, 0.1) is 12.8 Å². The first kappa shape index (κ1) is 20.2. The Labute approximate surface area is 177 Å². The predicted octanol–water partition coefficient (Wildman–Crippen LogP) is 4.83. The van der Waals surface area contributed by atoms with Gasteiger partial charge >= 0.3 is 0 Å². The smallest absolute Gasteiger partial charge is 0.262 e. The van der Waals surface area contributed by atoms with Crippen LogP contribution in [0.3, 0.4) is 0 Å². The molecule has 156 valence electrons. The first-order chi connectivity index (χ1) is 15.0. The number of hydrogen-bond acceptors (Lipinski definition) is 5. The monoisotopic (exact) mass is 419 g/mol. The van der Waals surface area contributed by atoms with E-state index in [4.69, 9.17) is 13.9 Å². The van der Waals surface area contributed by atoms with Crippen LogP contribution in [0.5, 0.6) is 11.5 Å². The van der Waals surface area contributed by atoms with E-state index >= 15 is 0 Å². The molecule has 31 heavy (non-hydrogen) atoms. The Morgan fingerprint density at radius 2 is 1.61 bits per heavy atom. The second-order valence-electron chi connectivity index (χ2n) is 6.65. The molecule has 0 fully saturated rings. The van der Waals surface area contributed by atoms with Crippen molar-refractivity contribution < 1.29 is 27.9 Å². The van der Waals surface area contributed by atoms with E-state index in [0.717, 1.165) is 0 Å². The Morgan fingerprint density at radius 3 is 2.32 bits per heavy atom. The van der Waals surface area contributed by atoms with Crippen molar-refractivity contribution in [2.75, 3.05) is 19.0 Å². The number of furan rings is 1. The molecule has 7 heteroatoms. The minimum atomic E-state index is -0.486. The second-order valence-corrected chi connectivity index (χ2v) is 6.65. The zero-order valence-corrected chi connectivity index (χ0v) is 16.6. The summed E-state index contributed by atoms with van der Waals surface area (Å²) in [4.78, 5) is 25.6. The molecule has 0 saturated heterocycles. The van der Waals surface area contributed by atoms with Gasteiger partial charge < -0.3 is 19.2 Å². The van der Waals surface area contributed by atoms with Crippen LogP contribution in [-0.2, 0) is 4.79 Å². The molecule has 0 bridgehead atoms. The lowest BCUT2D eigenvalue weighted by Crippen LogP contribution is -2.21. The lowest BCUT2D eigenvalue weighted by molar-refractivity contribution is -0.118. The van der Waals surface area contributed by atoms with E-state index < -0.39 is 11.7 Å². The summed E-state index contributed by atoms with van der Waals surface area (Å²) in [6.45, 7) is -0.318. The Balaban J connectivity index is 1.59. The molecule has 4 rings (SSSR count). The lowest BCUT2D eigenvalue weighted by atomic mass is 10.1. The van der Waals surface area contributed by atoms with Crippen LogP contribution in [0.25, 0.3) is 11.0 Å². The topological polar surface area (TPSA) is 77.8 Å². The van der Waals surface area contributed by atoms with Crippen LogP contribution in [0.4, 0.5) is 10.1 Å². The van der Waals surface area contributed by atoms with Gasteiger partial charge in [-0.2, -0.15) is 0 Å². The third-order valence-electron chi connectivity index (χ3n) is 4.60. The van der Waals surface area contributed by atoms with Crippen LogP contribution in [0, 0.1) is 5.82 Å². The molecule has 6 nitrogen and oxygen atoms in total. The third-order valence-corrected chi connectivity index (χ3v) is 4.60. The van der Waals surface area contributed by atoms with Gasteiger partial charge in [-0.25, -0.2) is 4.39 Å². The van der Waals surface area contributed by atoms with Crippen molar-refractivity contribution in [1.29, 1.82) is 0 Å². The first-order valence-electron chi connectivity index (χ1n) is 9.43. The maximum absolute atomic E-state index is 13.1. The maximum Gasteiger partial charge on any atom is 0.262 e. The van der Waals surface area contributed by atoms with Crippen LogP contribution in [-0.4, -0.2) is 25.4 Å². The summed E-state index contributed by atoms with van der Waals surface area (Å²) in [5, 5.41) is 3.30. The minimum absolute atomic E-state index is 0.0153. The molecule has 1 amide bonds. The summed E-state index contributed by atoms with van der Waals surface area (Å²) in [6.07, 6.45) is 0. The van der Waals surface area contributed by atoms with Crippen LogP contribution in [0.2, 0.25) is 0 Å². The Kier molecular flexibility index (Phi) is 5.66. The number of rotatable bonds is 7. The Hall–Kier alpha value is -4.13. The Morgan fingerprint density at radius 1 is 0.935 bits per heavy atom. The SMILES string of the molecule is COc1ccc(C(=O)c2oc3ccccc3c2NC(=O)COc2ccc(F)cc2)cc1. The number of halogens is 1. The largest absolute Gasteiger partial charge is 0.497 e. The van der Waals surface area contributed by atoms with E-state index in [1.54, 1.807) is 48.5 Å². The van der Waals surface area contributed by atoms with Crippen LogP contribution in [0.15, 0.2) is 77.2 Å². The van der Waals surface area contributed by atoms with Gasteiger partial charge in [-0.05, 0) is 60.7 Å². The molecule has 1 heterocycles. The first-order valence-corrected chi connectivity index (χ1v) is 9.43. The van der Waals surface area contributed by atoms with Crippen molar-refractivity contribution in [3.8, 4) is 11.5 Å². The summed E-state index contributed by atoms with van der Waals surface area (Å²) in [6, 6.07) is 18.9. The van der Waals surface area contributed by atoms with Gasteiger partial charge in [0.2, 0.25) is 5.78 Å². The quantitative estimate of drug-likeness (QED) is 0.434. The predicted molar refractivity (Wildman–Crippen MR) is 113 cm³/mol. The fraction of sp³-hybridized carbons (Fsp3) is 0.0833. The molecular weight excluding hydrogens is 401 g/mol. The van der Waals surface area contributed by atoms with Gasteiger partial charge in [0.25, 0.3) is 5.91 Å². The highest BCUT2D eigenvalue weighted by atomic mass is 19.1. The highest BCUT2D eigenvalue weighted by Crippen LogP contribution is 2.32. The van der Waals surface area contributed by atoms with Crippen molar-refractivity contribution in [2.24, 2.45) is 0 Å². The van der Waals surface area contributed by atoms with Crippen molar-refractivity contribution >= 4 is 28.3 Å². The number of fused-ring (bicyclic) bond motifs is 1. The van der Waals surface area contributed by atoms with Gasteiger partial charge in [-0.3, -0.25) is 9.59 Å². The molecule has 0 spiro atoms. The minimum Gasteiger partial charge on any atom is -0.497 e. The van der Waals surface area contributed by atoms with Crippen LogP contribution in [0.1, 0.15) is 16.1 Å². The fourth-order valence-electron chi connectivity index (χ4n) is 3.06. The molecule has 0 aliphatic carbocycles. The number of methoxy groups -OCH3 is 1. The van der Waals surface area contributed by atoms with Gasteiger partial charge in [-0.1, -0.05) is 12.1 Å². The summed E-state index contributed by atoms with van der Waals surface area (Å²) in [5.74, 6) is -0.283. The van der Waals surface area contributed by atoms with Crippen LogP contribution >= 0.6 is 0 Å². The van der Waals surface area contributed by atoms with Crippen molar-refractivity contribution in [2.45, 2.75) is 0 Å². The number of ether oxygens (including phenoxy) is 2. The molecule has 0 aliphatic rings. The van der Waals surface area contributed by atoms with E-state index in [1.807, 2.05) is 0 Å². The standard InChI is InChI=1S/C24H18FNO5/c1-29-17-10-6-15(7-11-17)23(28)24-22(19-4-2-3-5-20(19)31-24)26-21(27)14-30-18-12-8-16(25)9-13-18/h2-13H,14H2,1H3,(H,26,27). The van der Waals surface area contributed by atoms with E-state index in [1.165, 1.54) is 31.4 Å². The highest BCUT2D eigenvalue weighted by molar-refractivity contribution is 6.17. The average Bonchev–Trinajstić information content (AvgIpc) is 3.16. The average molecular weight is 419 g/mol. The number of carbonyl (C=O) groups excluding carboxylic acids is 2. The van der Waals surface area contributed by atoms with Crippen molar-refractivity contribution in [3.05, 3.63) is 89.9 Å². The lowest BCUT2D eigenvalue weighted by Gasteiger charge is -2.08. The summed E-state index contributed by atoms with van der Waals surface area (Å²) < 4.78 is 29.3. The van der Waals surface area contributed by atoms with E-state index in [-0.39, 0.29) is 23.8 Å². The number of nitrogens with one attached hydrogen (secondary N) is 1. The van der Waals surface area contributed by atoms with Crippen molar-refractivity contribution in [1.82, 2.24) is 0 Å². The summed E-state index contributed by atoms with van der Waals surface area (Å²) in [7, 11) is 1.54. The second kappa shape index (κ2) is 8.71. The molecular formula is C24H18FNO5. The van der Waals surface area contributed by atoms with Gasteiger partial charge in [0.1, 0.15) is 22.9 Å². The summed E-state index contributed by atoms with van der Waals surface area (Å²) in [5.41, 5.74) is 1.12. The van der Waals surface area contributed by atoms with Gasteiger partial charge in [-0.15, -0.1) is 0 Å². The Bertz CT molecular complexity index is 1230. The number of amides is 1. The zero-order chi connectivity index (χ0) is 21.8. The number of ketones is 1. The van der Waals surface area contributed by atoms with Gasteiger partial charge in [0.15, 0.2) is 12.4 Å². The molecule has 3 aromatic carbocycles. The number of anilines is 1. The van der Waals surface area contributed by atoms with Crippen LogP contribution < -0.4 is 14.8 Å². The molecule has 1 aromatic heterocycles. The van der Waals surface area contributed by atoms with E-state index in [2.05, 4.69) is 5.32 Å². The molecule has 0 unspecified atom stereocenters. The molecule has 4 aromatic rings. The number of carbonyl (C=O) groups is 2. The molecule has 0 atom stereocenters. The normalized spacial score (nSPS) is 10.6. The molecule has 0 aliphatic heterocycles. The zero-order valence-electron chi connectivity index (χ0n) is 16.6. The van der Waals surface area contributed by atoms with E-state index in [0.29, 0.717) is 28.0 Å². The fourth-order valence-corrected chi connectivity index (χ4v) is 3.06. The number of benzene rings is 3. The molecule has 1 N–H and O–H groups in total. The third kappa shape index (κ3) is 4.40. The molecule has 0 saturated carbocycles. The maximum atomic E-state index is 13.1.